The van der Waals surface area contributed by atoms with Crippen molar-refractivity contribution < 1.29 is 4.74 Å². The third-order valence-corrected chi connectivity index (χ3v) is 2.76. The van der Waals surface area contributed by atoms with Crippen LogP contribution in [-0.4, -0.2) is 5.60 Å². The van der Waals surface area contributed by atoms with Gasteiger partial charge in [0.2, 0.25) is 0 Å². The lowest BCUT2D eigenvalue weighted by Gasteiger charge is -2.28. The van der Waals surface area contributed by atoms with Crippen molar-refractivity contribution in [2.24, 2.45) is 0 Å². The molecule has 0 aromatic heterocycles. The molecule has 0 radical (unpaired) electrons. The molecule has 2 heteroatoms. The Morgan fingerprint density at radius 2 is 2.12 bits per heavy atom. The van der Waals surface area contributed by atoms with E-state index < -0.39 is 0 Å². The van der Waals surface area contributed by atoms with Gasteiger partial charge in [-0.3, -0.25) is 0 Å². The fourth-order valence-corrected chi connectivity index (χ4v) is 1.74. The summed E-state index contributed by atoms with van der Waals surface area (Å²) in [5.74, 6) is 0.815. The Hall–Kier alpha value is -1.75. The van der Waals surface area contributed by atoms with Gasteiger partial charge in [-0.15, -0.1) is 0 Å². The van der Waals surface area contributed by atoms with Gasteiger partial charge in [0.25, 0.3) is 0 Å². The highest BCUT2D eigenvalue weighted by molar-refractivity contribution is 5.62. The summed E-state index contributed by atoms with van der Waals surface area (Å²) in [6.07, 6.45) is 4.10. The molecule has 1 heterocycles. The van der Waals surface area contributed by atoms with Crippen molar-refractivity contribution in [3.63, 3.8) is 0 Å². The molecule has 16 heavy (non-hydrogen) atoms. The monoisotopic (exact) mass is 213 g/mol. The number of ether oxygens (including phenoxy) is 1. The first kappa shape index (κ1) is 10.8. The summed E-state index contributed by atoms with van der Waals surface area (Å²) in [4.78, 5) is 0. The molecule has 82 valence electrons. The van der Waals surface area contributed by atoms with Crippen LogP contribution < -0.4 is 4.74 Å². The first-order valence-corrected chi connectivity index (χ1v) is 5.44. The van der Waals surface area contributed by atoms with E-state index in [1.807, 2.05) is 45.0 Å². The van der Waals surface area contributed by atoms with Gasteiger partial charge in [0.05, 0.1) is 12.0 Å². The normalized spacial score (nSPS) is 18.1. The predicted molar refractivity (Wildman–Crippen MR) is 64.2 cm³/mol. The molecule has 0 saturated heterocycles. The Morgan fingerprint density at radius 3 is 2.81 bits per heavy atom. The Labute approximate surface area is 96.2 Å². The smallest absolute Gasteiger partial charge is 0.127 e. The van der Waals surface area contributed by atoms with Crippen molar-refractivity contribution >= 4 is 6.08 Å². The molecular weight excluding hydrogens is 198 g/mol. The fourth-order valence-electron chi connectivity index (χ4n) is 1.74. The number of hydrogen-bond donors (Lipinski definition) is 0. The molecule has 0 aliphatic carbocycles. The Morgan fingerprint density at radius 1 is 1.38 bits per heavy atom. The third-order valence-electron chi connectivity index (χ3n) is 2.76. The topological polar surface area (TPSA) is 33.0 Å². The molecule has 1 atom stereocenters. The lowest BCUT2D eigenvalue weighted by atomic mass is 9.96. The van der Waals surface area contributed by atoms with Crippen LogP contribution in [0.4, 0.5) is 0 Å². The quantitative estimate of drug-likeness (QED) is 0.715. The van der Waals surface area contributed by atoms with Gasteiger partial charge in [0.1, 0.15) is 11.4 Å². The molecule has 1 aliphatic rings. The van der Waals surface area contributed by atoms with Crippen molar-refractivity contribution in [2.75, 3.05) is 0 Å². The third kappa shape index (κ3) is 1.94. The summed E-state index contributed by atoms with van der Waals surface area (Å²) in [7, 11) is 0. The van der Waals surface area contributed by atoms with E-state index in [1.54, 1.807) is 0 Å². The Bertz CT molecular complexity index is 480. The summed E-state index contributed by atoms with van der Waals surface area (Å²) in [5.41, 5.74) is 1.85. The van der Waals surface area contributed by atoms with Crippen LogP contribution in [0.2, 0.25) is 0 Å². The molecule has 0 N–H and O–H groups in total. The van der Waals surface area contributed by atoms with Crippen LogP contribution in [0.15, 0.2) is 24.3 Å². The van der Waals surface area contributed by atoms with Crippen LogP contribution >= 0.6 is 0 Å². The lowest BCUT2D eigenvalue weighted by molar-refractivity contribution is 0.159. The van der Waals surface area contributed by atoms with Gasteiger partial charge in [-0.1, -0.05) is 12.1 Å². The average Bonchev–Trinajstić information content (AvgIpc) is 2.26. The van der Waals surface area contributed by atoms with E-state index in [9.17, 15) is 0 Å². The van der Waals surface area contributed by atoms with Crippen molar-refractivity contribution in [1.29, 1.82) is 5.26 Å². The summed E-state index contributed by atoms with van der Waals surface area (Å²) in [5, 5.41) is 8.88. The number of fused-ring (bicyclic) bond motifs is 1. The van der Waals surface area contributed by atoms with Crippen LogP contribution in [0.1, 0.15) is 37.8 Å². The fraction of sp³-hybridized carbons (Fsp3) is 0.357. The number of benzene rings is 1. The Kier molecular flexibility index (Phi) is 2.47. The average molecular weight is 213 g/mol. The molecule has 0 amide bonds. The van der Waals surface area contributed by atoms with Gasteiger partial charge in [0, 0.05) is 5.56 Å². The van der Waals surface area contributed by atoms with Gasteiger partial charge in [-0.2, -0.15) is 5.26 Å². The first-order valence-electron chi connectivity index (χ1n) is 5.44. The number of rotatable bonds is 1. The maximum absolute atomic E-state index is 8.88. The SMILES string of the molecule is CC(C#N)c1ccc2c(c1)C=CC(C)(C)O2. The minimum Gasteiger partial charge on any atom is -0.483 e. The number of hydrogen-bond acceptors (Lipinski definition) is 2. The second-order valence-electron chi connectivity index (χ2n) is 4.69. The summed E-state index contributed by atoms with van der Waals surface area (Å²) < 4.78 is 5.82. The second-order valence-corrected chi connectivity index (χ2v) is 4.69. The van der Waals surface area contributed by atoms with E-state index in [-0.39, 0.29) is 11.5 Å². The van der Waals surface area contributed by atoms with Crippen molar-refractivity contribution in [3.8, 4) is 11.8 Å². The van der Waals surface area contributed by atoms with Crippen molar-refractivity contribution in [2.45, 2.75) is 32.3 Å². The minimum absolute atomic E-state index is 0.0753. The van der Waals surface area contributed by atoms with Gasteiger partial charge >= 0.3 is 0 Å². The molecule has 1 aliphatic heterocycles. The highest BCUT2D eigenvalue weighted by Gasteiger charge is 2.21. The first-order chi connectivity index (χ1) is 7.52. The Balaban J connectivity index is 2.40. The number of nitrogens with zero attached hydrogens (tertiary/aromatic N) is 1. The molecule has 2 nitrogen and oxygen atoms in total. The highest BCUT2D eigenvalue weighted by atomic mass is 16.5. The summed E-state index contributed by atoms with van der Waals surface area (Å²) in [6.45, 7) is 5.95. The molecule has 1 unspecified atom stereocenters. The van der Waals surface area contributed by atoms with Gasteiger partial charge in [0.15, 0.2) is 0 Å². The predicted octanol–water partition coefficient (Wildman–Crippen LogP) is 3.50. The maximum atomic E-state index is 8.88. The van der Waals surface area contributed by atoms with Crippen molar-refractivity contribution in [1.82, 2.24) is 0 Å². The molecule has 2 rings (SSSR count). The second kappa shape index (κ2) is 3.68. The lowest BCUT2D eigenvalue weighted by Crippen LogP contribution is -2.27. The molecule has 0 saturated carbocycles. The zero-order chi connectivity index (χ0) is 11.8. The molecule has 0 bridgehead atoms. The van der Waals surface area contributed by atoms with E-state index in [1.165, 1.54) is 0 Å². The van der Waals surface area contributed by atoms with Crippen LogP contribution in [0.5, 0.6) is 5.75 Å². The van der Waals surface area contributed by atoms with Crippen LogP contribution in [0.3, 0.4) is 0 Å². The zero-order valence-corrected chi connectivity index (χ0v) is 9.82. The molecule has 0 spiro atoms. The summed E-state index contributed by atoms with van der Waals surface area (Å²) >= 11 is 0. The van der Waals surface area contributed by atoms with Crippen LogP contribution in [0, 0.1) is 11.3 Å². The van der Waals surface area contributed by atoms with Gasteiger partial charge < -0.3 is 4.74 Å². The van der Waals surface area contributed by atoms with Crippen LogP contribution in [0.25, 0.3) is 6.08 Å². The maximum Gasteiger partial charge on any atom is 0.127 e. The van der Waals surface area contributed by atoms with E-state index >= 15 is 0 Å². The van der Waals surface area contributed by atoms with E-state index in [0.717, 1.165) is 16.9 Å². The highest BCUT2D eigenvalue weighted by Crippen LogP contribution is 2.32. The van der Waals surface area contributed by atoms with Crippen molar-refractivity contribution in [3.05, 3.63) is 35.4 Å². The minimum atomic E-state index is -0.241. The largest absolute Gasteiger partial charge is 0.483 e. The molecule has 1 aromatic rings. The summed E-state index contributed by atoms with van der Waals surface area (Å²) in [6, 6.07) is 8.17. The zero-order valence-electron chi connectivity index (χ0n) is 9.82. The standard InChI is InChI=1S/C14H15NO/c1-10(9-15)11-4-5-13-12(8-11)6-7-14(2,3)16-13/h4-8,10H,1-3H3. The number of nitriles is 1. The van der Waals surface area contributed by atoms with E-state index in [0.29, 0.717) is 0 Å². The van der Waals surface area contributed by atoms with E-state index in [4.69, 9.17) is 10.00 Å². The molecule has 0 fully saturated rings. The molecular formula is C14H15NO. The molecule has 1 aromatic carbocycles. The van der Waals surface area contributed by atoms with E-state index in [2.05, 4.69) is 12.1 Å². The van der Waals surface area contributed by atoms with Crippen LogP contribution in [-0.2, 0) is 0 Å². The van der Waals surface area contributed by atoms with Gasteiger partial charge in [-0.25, -0.2) is 0 Å². The van der Waals surface area contributed by atoms with Gasteiger partial charge in [-0.05, 0) is 44.5 Å².